The van der Waals surface area contributed by atoms with Crippen molar-refractivity contribution in [3.63, 3.8) is 0 Å². The van der Waals surface area contributed by atoms with Gasteiger partial charge >= 0.3 is 0 Å². The molecule has 0 fully saturated rings. The van der Waals surface area contributed by atoms with Crippen LogP contribution in [0.15, 0.2) is 48.7 Å². The topological polar surface area (TPSA) is 30.0 Å². The fourth-order valence-electron chi connectivity index (χ4n) is 1.67. The highest BCUT2D eigenvalue weighted by Gasteiger charge is 2.05. The summed E-state index contributed by atoms with van der Waals surface area (Å²) in [5.41, 5.74) is 2.90. The molecule has 0 aliphatic heterocycles. The van der Waals surface area contributed by atoms with Crippen molar-refractivity contribution >= 4 is 5.78 Å². The third kappa shape index (κ3) is 3.25. The fourth-order valence-corrected chi connectivity index (χ4v) is 1.67. The van der Waals surface area contributed by atoms with Crippen LogP contribution in [-0.4, -0.2) is 10.8 Å². The maximum atomic E-state index is 11.9. The molecular formula is C15H15NO. The van der Waals surface area contributed by atoms with E-state index in [9.17, 15) is 4.79 Å². The molecule has 0 bridgehead atoms. The van der Waals surface area contributed by atoms with Crippen molar-refractivity contribution < 1.29 is 4.79 Å². The summed E-state index contributed by atoms with van der Waals surface area (Å²) in [7, 11) is 0. The van der Waals surface area contributed by atoms with Crippen LogP contribution in [0, 0.1) is 6.92 Å². The van der Waals surface area contributed by atoms with Crippen molar-refractivity contribution in [3.05, 3.63) is 65.5 Å². The molecule has 0 spiro atoms. The first-order valence-corrected chi connectivity index (χ1v) is 5.75. The standard InChI is InChI=1S/C15H15NO/c1-12-7-8-13(11-16-12)9-10-15(17)14-5-3-2-4-6-14/h2-8,11H,9-10H2,1H3. The van der Waals surface area contributed by atoms with Crippen molar-refractivity contribution in [2.45, 2.75) is 19.8 Å². The smallest absolute Gasteiger partial charge is 0.163 e. The number of Topliss-reactive ketones (excluding diaryl/α,β-unsaturated/α-hetero) is 1. The van der Waals surface area contributed by atoms with Crippen LogP contribution in [0.2, 0.25) is 0 Å². The van der Waals surface area contributed by atoms with Gasteiger partial charge in [-0.05, 0) is 25.0 Å². The Morgan fingerprint density at radius 1 is 1.12 bits per heavy atom. The molecule has 1 heterocycles. The van der Waals surface area contributed by atoms with Gasteiger partial charge in [0.2, 0.25) is 0 Å². The van der Waals surface area contributed by atoms with Gasteiger partial charge in [0, 0.05) is 23.9 Å². The van der Waals surface area contributed by atoms with Crippen molar-refractivity contribution in [2.75, 3.05) is 0 Å². The number of pyridine rings is 1. The first-order chi connectivity index (χ1) is 8.25. The van der Waals surface area contributed by atoms with E-state index in [0.717, 1.165) is 23.2 Å². The molecule has 0 atom stereocenters. The van der Waals surface area contributed by atoms with Crippen LogP contribution in [0.1, 0.15) is 28.0 Å². The Kier molecular flexibility index (Phi) is 3.66. The number of ketones is 1. The van der Waals surface area contributed by atoms with Crippen molar-refractivity contribution in [2.24, 2.45) is 0 Å². The van der Waals surface area contributed by atoms with Gasteiger partial charge in [-0.25, -0.2) is 0 Å². The first-order valence-electron chi connectivity index (χ1n) is 5.75. The molecule has 2 heteroatoms. The zero-order valence-electron chi connectivity index (χ0n) is 9.89. The lowest BCUT2D eigenvalue weighted by molar-refractivity contribution is 0.0983. The summed E-state index contributed by atoms with van der Waals surface area (Å²) in [4.78, 5) is 16.1. The number of hydrogen-bond donors (Lipinski definition) is 0. The molecule has 86 valence electrons. The lowest BCUT2D eigenvalue weighted by atomic mass is 10.0. The van der Waals surface area contributed by atoms with E-state index >= 15 is 0 Å². The summed E-state index contributed by atoms with van der Waals surface area (Å²) in [5, 5.41) is 0. The molecule has 0 radical (unpaired) electrons. The average molecular weight is 225 g/mol. The molecule has 2 aromatic rings. The largest absolute Gasteiger partial charge is 0.294 e. The Bertz CT molecular complexity index is 488. The lowest BCUT2D eigenvalue weighted by Gasteiger charge is -2.01. The van der Waals surface area contributed by atoms with Crippen LogP contribution in [0.4, 0.5) is 0 Å². The molecule has 1 aromatic carbocycles. The molecule has 0 amide bonds. The van der Waals surface area contributed by atoms with Crippen molar-refractivity contribution in [3.8, 4) is 0 Å². The first kappa shape index (κ1) is 11.5. The van der Waals surface area contributed by atoms with E-state index in [-0.39, 0.29) is 5.78 Å². The third-order valence-electron chi connectivity index (χ3n) is 2.71. The van der Waals surface area contributed by atoms with E-state index in [2.05, 4.69) is 4.98 Å². The Morgan fingerprint density at radius 3 is 2.53 bits per heavy atom. The maximum absolute atomic E-state index is 11.9. The van der Waals surface area contributed by atoms with Crippen LogP contribution in [0.3, 0.4) is 0 Å². The monoisotopic (exact) mass is 225 g/mol. The zero-order valence-corrected chi connectivity index (χ0v) is 9.89. The van der Waals surface area contributed by atoms with E-state index in [1.54, 1.807) is 0 Å². The van der Waals surface area contributed by atoms with Gasteiger partial charge in [0.25, 0.3) is 0 Å². The highest BCUT2D eigenvalue weighted by atomic mass is 16.1. The van der Waals surface area contributed by atoms with Gasteiger partial charge < -0.3 is 0 Å². The lowest BCUT2D eigenvalue weighted by Crippen LogP contribution is -2.01. The molecule has 0 saturated carbocycles. The molecule has 17 heavy (non-hydrogen) atoms. The quantitative estimate of drug-likeness (QED) is 0.748. The van der Waals surface area contributed by atoms with Gasteiger partial charge in [0.05, 0.1) is 0 Å². The van der Waals surface area contributed by atoms with Crippen LogP contribution >= 0.6 is 0 Å². The summed E-state index contributed by atoms with van der Waals surface area (Å²) in [6.07, 6.45) is 3.13. The van der Waals surface area contributed by atoms with Gasteiger partial charge in [0.15, 0.2) is 5.78 Å². The van der Waals surface area contributed by atoms with Gasteiger partial charge in [0.1, 0.15) is 0 Å². The van der Waals surface area contributed by atoms with E-state index in [1.165, 1.54) is 0 Å². The average Bonchev–Trinajstić information content (AvgIpc) is 2.39. The van der Waals surface area contributed by atoms with Gasteiger partial charge in [-0.3, -0.25) is 9.78 Å². The minimum absolute atomic E-state index is 0.186. The Morgan fingerprint density at radius 2 is 1.88 bits per heavy atom. The molecule has 0 aliphatic rings. The van der Waals surface area contributed by atoms with Crippen LogP contribution in [-0.2, 0) is 6.42 Å². The molecule has 0 unspecified atom stereocenters. The predicted molar refractivity (Wildman–Crippen MR) is 68.1 cm³/mol. The number of carbonyl (C=O) groups excluding carboxylic acids is 1. The van der Waals surface area contributed by atoms with E-state index < -0.39 is 0 Å². The van der Waals surface area contributed by atoms with Crippen LogP contribution in [0.25, 0.3) is 0 Å². The molecule has 0 N–H and O–H groups in total. The highest BCUT2D eigenvalue weighted by molar-refractivity contribution is 5.96. The maximum Gasteiger partial charge on any atom is 0.163 e. The minimum Gasteiger partial charge on any atom is -0.294 e. The number of benzene rings is 1. The summed E-state index contributed by atoms with van der Waals surface area (Å²) < 4.78 is 0. The Hall–Kier alpha value is -1.96. The summed E-state index contributed by atoms with van der Waals surface area (Å²) in [6.45, 7) is 1.96. The molecular weight excluding hydrogens is 210 g/mol. The van der Waals surface area contributed by atoms with Crippen LogP contribution in [0.5, 0.6) is 0 Å². The normalized spacial score (nSPS) is 10.2. The number of rotatable bonds is 4. The number of aryl methyl sites for hydroxylation is 2. The highest BCUT2D eigenvalue weighted by Crippen LogP contribution is 2.08. The third-order valence-corrected chi connectivity index (χ3v) is 2.71. The predicted octanol–water partition coefficient (Wildman–Crippen LogP) is 3.21. The second kappa shape index (κ2) is 5.39. The van der Waals surface area contributed by atoms with Crippen molar-refractivity contribution in [1.82, 2.24) is 4.98 Å². The summed E-state index contributed by atoms with van der Waals surface area (Å²) >= 11 is 0. The molecule has 0 aliphatic carbocycles. The molecule has 1 aromatic heterocycles. The Balaban J connectivity index is 1.95. The number of carbonyl (C=O) groups is 1. The van der Waals surface area contributed by atoms with Crippen LogP contribution < -0.4 is 0 Å². The number of hydrogen-bond acceptors (Lipinski definition) is 2. The van der Waals surface area contributed by atoms with Crippen molar-refractivity contribution in [1.29, 1.82) is 0 Å². The van der Waals surface area contributed by atoms with Gasteiger partial charge in [-0.2, -0.15) is 0 Å². The van der Waals surface area contributed by atoms with E-state index in [1.807, 2.05) is 55.6 Å². The molecule has 2 nitrogen and oxygen atoms in total. The van der Waals surface area contributed by atoms with E-state index in [4.69, 9.17) is 0 Å². The number of nitrogens with zero attached hydrogens (tertiary/aromatic N) is 1. The molecule has 2 rings (SSSR count). The minimum atomic E-state index is 0.186. The van der Waals surface area contributed by atoms with Gasteiger partial charge in [-0.1, -0.05) is 36.4 Å². The van der Waals surface area contributed by atoms with E-state index in [0.29, 0.717) is 6.42 Å². The summed E-state index contributed by atoms with van der Waals surface area (Å²) in [5.74, 6) is 0.186. The van der Waals surface area contributed by atoms with Gasteiger partial charge in [-0.15, -0.1) is 0 Å². The second-order valence-corrected chi connectivity index (χ2v) is 4.10. The number of aromatic nitrogens is 1. The Labute approximate surface area is 101 Å². The zero-order chi connectivity index (χ0) is 12.1. The fraction of sp³-hybridized carbons (Fsp3) is 0.200. The SMILES string of the molecule is Cc1ccc(CCC(=O)c2ccccc2)cn1. The second-order valence-electron chi connectivity index (χ2n) is 4.10. The molecule has 0 saturated heterocycles. The summed E-state index contributed by atoms with van der Waals surface area (Å²) in [6, 6.07) is 13.4.